The van der Waals surface area contributed by atoms with Gasteiger partial charge in [0.05, 0.1) is 10.6 Å². The standard InChI is InChI=1S/C32H31Cl2NO5S/c1-32(2,3)40-31(37)21-35(41(38,39)25-19-23(33)18-24(34)20-25)29-16-9-13-26-27(29)14-8-15-28(26)30(36)17-7-12-22-10-5-4-6-11-22/h4-6,8-11,13-16,18-20H,7,12,17,21H2,1-3H3. The molecule has 0 atom stereocenters. The molecule has 4 aromatic rings. The summed E-state index contributed by atoms with van der Waals surface area (Å²) in [6.07, 6.45) is 1.78. The lowest BCUT2D eigenvalue weighted by Crippen LogP contribution is -2.39. The number of benzene rings is 4. The number of fused-ring (bicyclic) bond motifs is 1. The van der Waals surface area contributed by atoms with Crippen LogP contribution < -0.4 is 4.31 Å². The quantitative estimate of drug-likeness (QED) is 0.134. The van der Waals surface area contributed by atoms with Crippen LogP contribution in [0.25, 0.3) is 10.8 Å². The lowest BCUT2D eigenvalue weighted by Gasteiger charge is -2.27. The van der Waals surface area contributed by atoms with Crippen LogP contribution in [0, 0.1) is 0 Å². The van der Waals surface area contributed by atoms with Crippen LogP contribution in [-0.2, 0) is 26.0 Å². The van der Waals surface area contributed by atoms with Gasteiger partial charge >= 0.3 is 5.97 Å². The maximum absolute atomic E-state index is 14.0. The minimum atomic E-state index is -4.34. The van der Waals surface area contributed by atoms with E-state index in [-0.39, 0.29) is 26.4 Å². The smallest absolute Gasteiger partial charge is 0.327 e. The average molecular weight is 613 g/mol. The second kappa shape index (κ2) is 12.6. The number of anilines is 1. The Morgan fingerprint density at radius 2 is 1.46 bits per heavy atom. The van der Waals surface area contributed by atoms with Crippen LogP contribution in [0.15, 0.2) is 89.8 Å². The molecule has 0 aliphatic rings. The first-order valence-electron chi connectivity index (χ1n) is 13.1. The van der Waals surface area contributed by atoms with Crippen molar-refractivity contribution in [2.75, 3.05) is 10.8 Å². The number of esters is 1. The number of ether oxygens (including phenoxy) is 1. The zero-order chi connectivity index (χ0) is 29.8. The van der Waals surface area contributed by atoms with Crippen molar-refractivity contribution >= 4 is 61.4 Å². The molecular formula is C32H31Cl2NO5S. The lowest BCUT2D eigenvalue weighted by atomic mass is 9.97. The number of hydrogen-bond acceptors (Lipinski definition) is 5. The number of carbonyl (C=O) groups is 2. The fourth-order valence-corrected chi connectivity index (χ4v) is 6.74. The lowest BCUT2D eigenvalue weighted by molar-refractivity contribution is -0.152. The summed E-state index contributed by atoms with van der Waals surface area (Å²) in [5.74, 6) is -0.786. The highest BCUT2D eigenvalue weighted by Crippen LogP contribution is 2.34. The molecule has 0 heterocycles. The first-order valence-corrected chi connectivity index (χ1v) is 15.3. The van der Waals surface area contributed by atoms with Gasteiger partial charge in [-0.25, -0.2) is 8.42 Å². The van der Waals surface area contributed by atoms with Gasteiger partial charge in [0.1, 0.15) is 12.1 Å². The summed E-state index contributed by atoms with van der Waals surface area (Å²) >= 11 is 12.3. The molecule has 0 aromatic heterocycles. The van der Waals surface area contributed by atoms with Gasteiger partial charge in [-0.3, -0.25) is 13.9 Å². The molecule has 9 heteroatoms. The molecule has 0 aliphatic heterocycles. The minimum absolute atomic E-state index is 0.0492. The molecule has 214 valence electrons. The van der Waals surface area contributed by atoms with Crippen LogP contribution >= 0.6 is 23.2 Å². The fraction of sp³-hybridized carbons (Fsp3) is 0.250. The minimum Gasteiger partial charge on any atom is -0.459 e. The molecule has 0 fully saturated rings. The molecule has 0 aliphatic carbocycles. The second-order valence-electron chi connectivity index (χ2n) is 10.6. The van der Waals surface area contributed by atoms with Gasteiger partial charge in [-0.2, -0.15) is 0 Å². The third kappa shape index (κ3) is 7.67. The predicted molar refractivity (Wildman–Crippen MR) is 164 cm³/mol. The summed E-state index contributed by atoms with van der Waals surface area (Å²) in [4.78, 5) is 26.1. The number of nitrogens with zero attached hydrogens (tertiary/aromatic N) is 1. The van der Waals surface area contributed by atoms with E-state index >= 15 is 0 Å². The molecule has 0 saturated heterocycles. The highest BCUT2D eigenvalue weighted by Gasteiger charge is 2.31. The third-order valence-electron chi connectivity index (χ3n) is 6.30. The van der Waals surface area contributed by atoms with Gasteiger partial charge in [-0.1, -0.05) is 83.9 Å². The van der Waals surface area contributed by atoms with Crippen molar-refractivity contribution in [2.45, 2.75) is 50.5 Å². The van der Waals surface area contributed by atoms with E-state index in [2.05, 4.69) is 0 Å². The number of aryl methyl sites for hydroxylation is 1. The third-order valence-corrected chi connectivity index (χ3v) is 8.47. The molecule has 0 radical (unpaired) electrons. The van der Waals surface area contributed by atoms with Crippen molar-refractivity contribution in [3.05, 3.63) is 106 Å². The molecule has 41 heavy (non-hydrogen) atoms. The summed E-state index contributed by atoms with van der Waals surface area (Å²) < 4.78 is 34.5. The molecule has 4 rings (SSSR count). The fourth-order valence-electron chi connectivity index (χ4n) is 4.58. The first-order chi connectivity index (χ1) is 19.3. The van der Waals surface area contributed by atoms with Crippen LogP contribution in [0.1, 0.15) is 49.5 Å². The number of Topliss-reactive ketones (excluding diaryl/α,β-unsaturated/α-hetero) is 1. The number of halogens is 2. The van der Waals surface area contributed by atoms with Crippen LogP contribution in [-0.4, -0.2) is 32.3 Å². The van der Waals surface area contributed by atoms with E-state index < -0.39 is 28.1 Å². The largest absolute Gasteiger partial charge is 0.459 e. The summed E-state index contributed by atoms with van der Waals surface area (Å²) in [5.41, 5.74) is 1.04. The van der Waals surface area contributed by atoms with E-state index in [1.165, 1.54) is 18.2 Å². The van der Waals surface area contributed by atoms with Crippen molar-refractivity contribution < 1.29 is 22.7 Å². The first kappa shape index (κ1) is 30.6. The molecule has 0 N–H and O–H groups in total. The van der Waals surface area contributed by atoms with Gasteiger partial charge in [-0.05, 0) is 68.8 Å². The van der Waals surface area contributed by atoms with Gasteiger partial charge in [0.15, 0.2) is 5.78 Å². The highest BCUT2D eigenvalue weighted by atomic mass is 35.5. The highest BCUT2D eigenvalue weighted by molar-refractivity contribution is 7.93. The van der Waals surface area contributed by atoms with Crippen molar-refractivity contribution in [3.8, 4) is 0 Å². The molecule has 0 amide bonds. The van der Waals surface area contributed by atoms with Crippen LogP contribution in [0.2, 0.25) is 10.0 Å². The Bertz CT molecular complexity index is 1660. The normalized spacial score (nSPS) is 11.8. The Morgan fingerprint density at radius 3 is 2.12 bits per heavy atom. The Kier molecular flexibility index (Phi) is 9.42. The van der Waals surface area contributed by atoms with Crippen LogP contribution in [0.3, 0.4) is 0 Å². The Morgan fingerprint density at radius 1 is 0.829 bits per heavy atom. The van der Waals surface area contributed by atoms with Gasteiger partial charge in [0, 0.05) is 27.4 Å². The zero-order valence-corrected chi connectivity index (χ0v) is 25.4. The van der Waals surface area contributed by atoms with E-state index in [9.17, 15) is 18.0 Å². The maximum Gasteiger partial charge on any atom is 0.327 e. The van der Waals surface area contributed by atoms with Gasteiger partial charge in [0.25, 0.3) is 10.0 Å². The molecule has 6 nitrogen and oxygen atoms in total. The van der Waals surface area contributed by atoms with Crippen molar-refractivity contribution in [1.82, 2.24) is 0 Å². The number of sulfonamides is 1. The molecule has 0 saturated carbocycles. The van der Waals surface area contributed by atoms with Gasteiger partial charge in [-0.15, -0.1) is 0 Å². The maximum atomic E-state index is 14.0. The summed E-state index contributed by atoms with van der Waals surface area (Å²) in [7, 11) is -4.34. The summed E-state index contributed by atoms with van der Waals surface area (Å²) in [6.45, 7) is 4.51. The number of carbonyl (C=O) groups excluding carboxylic acids is 2. The topological polar surface area (TPSA) is 80.8 Å². The Balaban J connectivity index is 1.75. The molecule has 0 spiro atoms. The zero-order valence-electron chi connectivity index (χ0n) is 23.1. The second-order valence-corrected chi connectivity index (χ2v) is 13.4. The van der Waals surface area contributed by atoms with E-state index in [0.29, 0.717) is 29.2 Å². The monoisotopic (exact) mass is 611 g/mol. The number of ketones is 1. The van der Waals surface area contributed by atoms with E-state index in [1.54, 1.807) is 57.2 Å². The van der Waals surface area contributed by atoms with E-state index in [1.807, 2.05) is 30.3 Å². The van der Waals surface area contributed by atoms with Crippen molar-refractivity contribution in [2.24, 2.45) is 0 Å². The van der Waals surface area contributed by atoms with E-state index in [0.717, 1.165) is 16.3 Å². The predicted octanol–water partition coefficient (Wildman–Crippen LogP) is 7.89. The van der Waals surface area contributed by atoms with Crippen LogP contribution in [0.5, 0.6) is 0 Å². The number of rotatable bonds is 10. The summed E-state index contributed by atoms with van der Waals surface area (Å²) in [5, 5.41) is 1.36. The van der Waals surface area contributed by atoms with Crippen LogP contribution in [0.4, 0.5) is 5.69 Å². The summed E-state index contributed by atoms with van der Waals surface area (Å²) in [6, 6.07) is 24.1. The Hall–Kier alpha value is -3.39. The van der Waals surface area contributed by atoms with Crippen molar-refractivity contribution in [1.29, 1.82) is 0 Å². The van der Waals surface area contributed by atoms with Gasteiger partial charge in [0.2, 0.25) is 0 Å². The number of hydrogen-bond donors (Lipinski definition) is 0. The molecule has 4 aromatic carbocycles. The molecular weight excluding hydrogens is 581 g/mol. The average Bonchev–Trinajstić information content (AvgIpc) is 2.90. The van der Waals surface area contributed by atoms with Gasteiger partial charge < -0.3 is 4.74 Å². The molecule has 0 bridgehead atoms. The SMILES string of the molecule is CC(C)(C)OC(=O)CN(c1cccc2c(C(=O)CCCc3ccccc3)cccc12)S(=O)(=O)c1cc(Cl)cc(Cl)c1. The Labute approximate surface area is 250 Å². The van der Waals surface area contributed by atoms with Crippen molar-refractivity contribution in [3.63, 3.8) is 0 Å². The van der Waals surface area contributed by atoms with E-state index in [4.69, 9.17) is 27.9 Å². The molecule has 0 unspecified atom stereocenters.